The van der Waals surface area contributed by atoms with Crippen LogP contribution < -0.4 is 9.80 Å². The van der Waals surface area contributed by atoms with Gasteiger partial charge in [-0.15, -0.1) is 0 Å². The van der Waals surface area contributed by atoms with E-state index in [-0.39, 0.29) is 5.91 Å². The summed E-state index contributed by atoms with van der Waals surface area (Å²) in [6.45, 7) is 9.68. The minimum atomic E-state index is 0.0875. The van der Waals surface area contributed by atoms with Crippen molar-refractivity contribution < 1.29 is 4.79 Å². The van der Waals surface area contributed by atoms with Crippen molar-refractivity contribution in [2.24, 2.45) is 0 Å². The van der Waals surface area contributed by atoms with Gasteiger partial charge in [0.1, 0.15) is 0 Å². The molecule has 1 aromatic carbocycles. The Morgan fingerprint density at radius 2 is 1.55 bits per heavy atom. The van der Waals surface area contributed by atoms with E-state index in [2.05, 4.69) is 47.9 Å². The van der Waals surface area contributed by atoms with Gasteiger partial charge in [0.2, 0.25) is 0 Å². The lowest BCUT2D eigenvalue weighted by Gasteiger charge is -2.38. The van der Waals surface area contributed by atoms with Gasteiger partial charge in [0.05, 0.1) is 0 Å². The molecule has 1 saturated heterocycles. The number of piperazine rings is 1. The van der Waals surface area contributed by atoms with E-state index in [4.69, 9.17) is 0 Å². The maximum absolute atomic E-state index is 11.9. The molecule has 0 spiro atoms. The van der Waals surface area contributed by atoms with E-state index in [9.17, 15) is 4.79 Å². The fourth-order valence-electron chi connectivity index (χ4n) is 3.18. The summed E-state index contributed by atoms with van der Waals surface area (Å²) in [6, 6.07) is 9.06. The molecule has 3 rings (SSSR count). The van der Waals surface area contributed by atoms with E-state index in [0.717, 1.165) is 44.8 Å². The van der Waals surface area contributed by atoms with Gasteiger partial charge in [0.15, 0.2) is 0 Å². The van der Waals surface area contributed by atoms with Gasteiger partial charge < -0.3 is 9.80 Å². The highest BCUT2D eigenvalue weighted by Gasteiger charge is 2.20. The minimum absolute atomic E-state index is 0.0875. The number of anilines is 2. The quantitative estimate of drug-likeness (QED) is 0.858. The van der Waals surface area contributed by atoms with Gasteiger partial charge in [-0.2, -0.15) is 0 Å². The molecular weight excluding hydrogens is 274 g/mol. The molecular formula is C18H25N3O. The summed E-state index contributed by atoms with van der Waals surface area (Å²) in [5.74, 6) is 0.0875. The van der Waals surface area contributed by atoms with Crippen molar-refractivity contribution in [1.82, 2.24) is 4.90 Å². The average Bonchev–Trinajstić information content (AvgIpc) is 2.56. The van der Waals surface area contributed by atoms with Crippen LogP contribution in [-0.2, 0) is 4.79 Å². The fourth-order valence-corrected chi connectivity index (χ4v) is 3.18. The molecule has 118 valence electrons. The topological polar surface area (TPSA) is 26.8 Å². The van der Waals surface area contributed by atoms with Crippen LogP contribution in [0.5, 0.6) is 0 Å². The van der Waals surface area contributed by atoms with Crippen LogP contribution in [0, 0.1) is 0 Å². The van der Waals surface area contributed by atoms with Gasteiger partial charge in [-0.05, 0) is 50.6 Å². The van der Waals surface area contributed by atoms with E-state index >= 15 is 0 Å². The molecule has 2 heterocycles. The highest BCUT2D eigenvalue weighted by Crippen LogP contribution is 2.23. The van der Waals surface area contributed by atoms with Crippen molar-refractivity contribution in [3.63, 3.8) is 0 Å². The van der Waals surface area contributed by atoms with Gasteiger partial charge in [0, 0.05) is 50.1 Å². The van der Waals surface area contributed by atoms with Crippen molar-refractivity contribution in [1.29, 1.82) is 0 Å². The Labute approximate surface area is 133 Å². The van der Waals surface area contributed by atoms with Crippen LogP contribution >= 0.6 is 0 Å². The zero-order valence-corrected chi connectivity index (χ0v) is 13.5. The first-order chi connectivity index (χ1) is 10.6. The molecule has 2 aliphatic heterocycles. The predicted molar refractivity (Wildman–Crippen MR) is 91.5 cm³/mol. The number of hydrogen-bond acceptors (Lipinski definition) is 3. The van der Waals surface area contributed by atoms with Gasteiger partial charge in [-0.1, -0.05) is 6.08 Å². The van der Waals surface area contributed by atoms with Crippen LogP contribution in [0.1, 0.15) is 20.3 Å². The lowest BCUT2D eigenvalue weighted by molar-refractivity contribution is -0.114. The Kier molecular flexibility index (Phi) is 4.48. The standard InChI is InChI=1S/C18H25N3O/c1-15(2)19-11-13-20(14-12-19)16-6-8-17(9-7-16)21-10-4-3-5-18(21)22/h3,5-9,15H,4,10-14H2,1-2H3. The average molecular weight is 299 g/mol. The predicted octanol–water partition coefficient (Wildman–Crippen LogP) is 2.51. The zero-order valence-electron chi connectivity index (χ0n) is 13.5. The Morgan fingerprint density at radius 3 is 2.14 bits per heavy atom. The van der Waals surface area contributed by atoms with E-state index in [1.165, 1.54) is 5.69 Å². The largest absolute Gasteiger partial charge is 0.369 e. The number of nitrogens with zero attached hydrogens (tertiary/aromatic N) is 3. The fraction of sp³-hybridized carbons (Fsp3) is 0.500. The lowest BCUT2D eigenvalue weighted by atomic mass is 10.1. The van der Waals surface area contributed by atoms with E-state index in [1.54, 1.807) is 6.08 Å². The van der Waals surface area contributed by atoms with Crippen LogP contribution in [0.2, 0.25) is 0 Å². The van der Waals surface area contributed by atoms with Gasteiger partial charge in [-0.25, -0.2) is 0 Å². The van der Waals surface area contributed by atoms with Gasteiger partial charge in [-0.3, -0.25) is 9.69 Å². The summed E-state index contributed by atoms with van der Waals surface area (Å²) in [5.41, 5.74) is 2.26. The maximum Gasteiger partial charge on any atom is 0.250 e. The van der Waals surface area contributed by atoms with Crippen LogP contribution in [0.15, 0.2) is 36.4 Å². The molecule has 1 aromatic rings. The highest BCUT2D eigenvalue weighted by atomic mass is 16.2. The molecule has 0 aliphatic carbocycles. The Bertz CT molecular complexity index is 542. The third-order valence-corrected chi connectivity index (χ3v) is 4.62. The number of carbonyl (C=O) groups is 1. The third kappa shape index (κ3) is 3.17. The number of benzene rings is 1. The van der Waals surface area contributed by atoms with Gasteiger partial charge in [0.25, 0.3) is 5.91 Å². The molecule has 1 amide bonds. The monoisotopic (exact) mass is 299 g/mol. The second kappa shape index (κ2) is 6.53. The summed E-state index contributed by atoms with van der Waals surface area (Å²) in [7, 11) is 0. The van der Waals surface area contributed by atoms with Crippen LogP contribution in [0.25, 0.3) is 0 Å². The number of hydrogen-bond donors (Lipinski definition) is 0. The Balaban J connectivity index is 1.65. The molecule has 1 fully saturated rings. The molecule has 0 aromatic heterocycles. The molecule has 0 radical (unpaired) electrons. The zero-order chi connectivity index (χ0) is 15.5. The number of amides is 1. The first kappa shape index (κ1) is 15.1. The van der Waals surface area contributed by atoms with Gasteiger partial charge >= 0.3 is 0 Å². The van der Waals surface area contributed by atoms with Crippen LogP contribution in [0.3, 0.4) is 0 Å². The molecule has 4 heteroatoms. The Hall–Kier alpha value is -1.81. The first-order valence-electron chi connectivity index (χ1n) is 8.22. The molecule has 0 atom stereocenters. The van der Waals surface area contributed by atoms with E-state index < -0.39 is 0 Å². The second-order valence-corrected chi connectivity index (χ2v) is 6.31. The molecule has 0 N–H and O–H groups in total. The molecule has 0 unspecified atom stereocenters. The summed E-state index contributed by atoms with van der Waals surface area (Å²) in [4.78, 5) is 18.7. The minimum Gasteiger partial charge on any atom is -0.369 e. The maximum atomic E-state index is 11.9. The molecule has 0 bridgehead atoms. The normalized spacial score (nSPS) is 20.0. The van der Waals surface area contributed by atoms with Crippen molar-refractivity contribution in [2.75, 3.05) is 42.5 Å². The summed E-state index contributed by atoms with van der Waals surface area (Å²) >= 11 is 0. The van der Waals surface area contributed by atoms with Crippen molar-refractivity contribution >= 4 is 17.3 Å². The molecule has 22 heavy (non-hydrogen) atoms. The SMILES string of the molecule is CC(C)N1CCN(c2ccc(N3CCC=CC3=O)cc2)CC1. The number of carbonyl (C=O) groups excluding carboxylic acids is 1. The first-order valence-corrected chi connectivity index (χ1v) is 8.22. The lowest BCUT2D eigenvalue weighted by Crippen LogP contribution is -2.48. The summed E-state index contributed by atoms with van der Waals surface area (Å²) < 4.78 is 0. The summed E-state index contributed by atoms with van der Waals surface area (Å²) in [6.07, 6.45) is 4.55. The van der Waals surface area contributed by atoms with Crippen molar-refractivity contribution in [3.8, 4) is 0 Å². The second-order valence-electron chi connectivity index (χ2n) is 6.31. The van der Waals surface area contributed by atoms with Crippen molar-refractivity contribution in [3.05, 3.63) is 36.4 Å². The van der Waals surface area contributed by atoms with E-state index in [1.807, 2.05) is 11.0 Å². The number of rotatable bonds is 3. The molecule has 2 aliphatic rings. The third-order valence-electron chi connectivity index (χ3n) is 4.62. The molecule has 4 nitrogen and oxygen atoms in total. The van der Waals surface area contributed by atoms with Crippen LogP contribution in [-0.4, -0.2) is 49.6 Å². The smallest absolute Gasteiger partial charge is 0.250 e. The highest BCUT2D eigenvalue weighted by molar-refractivity contribution is 6.02. The summed E-state index contributed by atoms with van der Waals surface area (Å²) in [5, 5.41) is 0. The molecule has 0 saturated carbocycles. The Morgan fingerprint density at radius 1 is 0.909 bits per heavy atom. The van der Waals surface area contributed by atoms with Crippen molar-refractivity contribution in [2.45, 2.75) is 26.3 Å². The van der Waals surface area contributed by atoms with E-state index in [0.29, 0.717) is 6.04 Å². The van der Waals surface area contributed by atoms with Crippen LogP contribution in [0.4, 0.5) is 11.4 Å².